The summed E-state index contributed by atoms with van der Waals surface area (Å²) in [5, 5.41) is 3.26. The molecule has 0 amide bonds. The highest BCUT2D eigenvalue weighted by Gasteiger charge is 2.03. The Labute approximate surface area is 96.5 Å². The standard InChI is InChI=1S/C13H7ClFN/c14-9-2-4-13-12(5-9)11-6-10(15)3-1-8(11)7-16-13/h1-7H. The van der Waals surface area contributed by atoms with E-state index in [-0.39, 0.29) is 5.82 Å². The van der Waals surface area contributed by atoms with Crippen molar-refractivity contribution in [2.75, 3.05) is 0 Å². The fourth-order valence-electron chi connectivity index (χ4n) is 1.85. The predicted molar refractivity (Wildman–Crippen MR) is 64.2 cm³/mol. The van der Waals surface area contributed by atoms with Gasteiger partial charge in [-0.15, -0.1) is 0 Å². The maximum Gasteiger partial charge on any atom is 0.123 e. The van der Waals surface area contributed by atoms with Crippen molar-refractivity contribution in [1.82, 2.24) is 4.98 Å². The monoisotopic (exact) mass is 231 g/mol. The van der Waals surface area contributed by atoms with Crippen molar-refractivity contribution in [3.05, 3.63) is 53.4 Å². The minimum absolute atomic E-state index is 0.250. The molecule has 0 radical (unpaired) electrons. The molecule has 1 aromatic heterocycles. The molecule has 78 valence electrons. The third kappa shape index (κ3) is 1.42. The van der Waals surface area contributed by atoms with Gasteiger partial charge < -0.3 is 0 Å². The van der Waals surface area contributed by atoms with Crippen LogP contribution in [0.5, 0.6) is 0 Å². The number of nitrogens with zero attached hydrogens (tertiary/aromatic N) is 1. The summed E-state index contributed by atoms with van der Waals surface area (Å²) in [5.41, 5.74) is 0.822. The molecule has 1 heterocycles. The van der Waals surface area contributed by atoms with Crippen molar-refractivity contribution >= 4 is 33.3 Å². The lowest BCUT2D eigenvalue weighted by Crippen LogP contribution is -1.83. The van der Waals surface area contributed by atoms with Gasteiger partial charge in [0.05, 0.1) is 5.52 Å². The van der Waals surface area contributed by atoms with Crippen molar-refractivity contribution in [1.29, 1.82) is 0 Å². The molecule has 2 aromatic carbocycles. The van der Waals surface area contributed by atoms with Crippen LogP contribution in [0.4, 0.5) is 4.39 Å². The van der Waals surface area contributed by atoms with Gasteiger partial charge in [0, 0.05) is 22.0 Å². The molecule has 3 aromatic rings. The van der Waals surface area contributed by atoms with E-state index in [1.165, 1.54) is 12.1 Å². The Bertz CT molecular complexity index is 633. The minimum atomic E-state index is -0.250. The van der Waals surface area contributed by atoms with E-state index in [9.17, 15) is 4.39 Å². The first-order valence-corrected chi connectivity index (χ1v) is 5.25. The summed E-state index contributed by atoms with van der Waals surface area (Å²) in [6, 6.07) is 10.1. The average Bonchev–Trinajstić information content (AvgIpc) is 2.29. The molecule has 0 atom stereocenters. The van der Waals surface area contributed by atoms with E-state index in [2.05, 4.69) is 4.98 Å². The van der Waals surface area contributed by atoms with Gasteiger partial charge >= 0.3 is 0 Å². The van der Waals surface area contributed by atoms with E-state index < -0.39 is 0 Å². The van der Waals surface area contributed by atoms with Crippen molar-refractivity contribution in [2.45, 2.75) is 0 Å². The van der Waals surface area contributed by atoms with Crippen molar-refractivity contribution in [2.24, 2.45) is 0 Å². The van der Waals surface area contributed by atoms with Gasteiger partial charge in [-0.25, -0.2) is 4.39 Å². The van der Waals surface area contributed by atoms with Gasteiger partial charge in [-0.2, -0.15) is 0 Å². The summed E-state index contributed by atoms with van der Waals surface area (Å²) in [7, 11) is 0. The first-order valence-electron chi connectivity index (χ1n) is 4.87. The van der Waals surface area contributed by atoms with E-state index in [1.807, 2.05) is 12.1 Å². The Kier molecular flexibility index (Phi) is 2.04. The number of fused-ring (bicyclic) bond motifs is 3. The second-order valence-corrected chi connectivity index (χ2v) is 4.09. The smallest absolute Gasteiger partial charge is 0.123 e. The Balaban J connectivity index is 2.55. The Morgan fingerprint density at radius 1 is 1.00 bits per heavy atom. The van der Waals surface area contributed by atoms with Crippen LogP contribution < -0.4 is 0 Å². The zero-order chi connectivity index (χ0) is 11.1. The lowest BCUT2D eigenvalue weighted by molar-refractivity contribution is 0.630. The molecule has 0 saturated carbocycles. The van der Waals surface area contributed by atoms with E-state index in [0.717, 1.165) is 21.7 Å². The molecule has 0 aliphatic carbocycles. The molecule has 16 heavy (non-hydrogen) atoms. The van der Waals surface area contributed by atoms with Crippen molar-refractivity contribution in [3.63, 3.8) is 0 Å². The molecular weight excluding hydrogens is 225 g/mol. The van der Waals surface area contributed by atoms with Crippen LogP contribution in [-0.4, -0.2) is 4.98 Å². The topological polar surface area (TPSA) is 12.9 Å². The first kappa shape index (κ1) is 9.55. The summed E-state index contributed by atoms with van der Waals surface area (Å²) in [5.74, 6) is -0.250. The van der Waals surface area contributed by atoms with Gasteiger partial charge in [0.15, 0.2) is 0 Å². The largest absolute Gasteiger partial charge is 0.256 e. The van der Waals surface area contributed by atoms with Crippen molar-refractivity contribution in [3.8, 4) is 0 Å². The maximum atomic E-state index is 13.2. The number of halogens is 2. The zero-order valence-corrected chi connectivity index (χ0v) is 9.00. The number of benzene rings is 2. The van der Waals surface area contributed by atoms with Gasteiger partial charge in [-0.3, -0.25) is 4.98 Å². The number of rotatable bonds is 0. The Morgan fingerprint density at radius 2 is 1.88 bits per heavy atom. The minimum Gasteiger partial charge on any atom is -0.256 e. The zero-order valence-electron chi connectivity index (χ0n) is 8.24. The highest BCUT2D eigenvalue weighted by molar-refractivity contribution is 6.31. The van der Waals surface area contributed by atoms with Gasteiger partial charge in [0.2, 0.25) is 0 Å². The van der Waals surface area contributed by atoms with Crippen molar-refractivity contribution < 1.29 is 4.39 Å². The highest BCUT2D eigenvalue weighted by Crippen LogP contribution is 2.26. The molecule has 0 unspecified atom stereocenters. The third-order valence-corrected chi connectivity index (χ3v) is 2.84. The van der Waals surface area contributed by atoms with Gasteiger partial charge in [-0.1, -0.05) is 11.6 Å². The molecule has 0 aliphatic rings. The van der Waals surface area contributed by atoms with Crippen LogP contribution in [0.3, 0.4) is 0 Å². The lowest BCUT2D eigenvalue weighted by Gasteiger charge is -2.03. The van der Waals surface area contributed by atoms with E-state index in [0.29, 0.717) is 5.02 Å². The van der Waals surface area contributed by atoms with Crippen LogP contribution in [-0.2, 0) is 0 Å². The third-order valence-electron chi connectivity index (χ3n) is 2.61. The number of pyridine rings is 1. The molecular formula is C13H7ClFN. The molecule has 3 rings (SSSR count). The summed E-state index contributed by atoms with van der Waals surface area (Å²) in [6.45, 7) is 0. The average molecular weight is 232 g/mol. The van der Waals surface area contributed by atoms with E-state index in [1.54, 1.807) is 18.3 Å². The number of aromatic nitrogens is 1. The molecule has 0 spiro atoms. The SMILES string of the molecule is Fc1ccc2cnc3ccc(Cl)cc3c2c1. The van der Waals surface area contributed by atoms with Crippen LogP contribution in [0.2, 0.25) is 5.02 Å². The van der Waals surface area contributed by atoms with Crippen LogP contribution in [0, 0.1) is 5.82 Å². The van der Waals surface area contributed by atoms with Crippen LogP contribution in [0.25, 0.3) is 21.7 Å². The van der Waals surface area contributed by atoms with Crippen LogP contribution in [0.15, 0.2) is 42.6 Å². The maximum absolute atomic E-state index is 13.2. The van der Waals surface area contributed by atoms with E-state index in [4.69, 9.17) is 11.6 Å². The Hall–Kier alpha value is -1.67. The van der Waals surface area contributed by atoms with Gasteiger partial charge in [0.1, 0.15) is 5.82 Å². The lowest BCUT2D eigenvalue weighted by atomic mass is 10.1. The Morgan fingerprint density at radius 3 is 2.75 bits per heavy atom. The molecule has 0 saturated heterocycles. The normalized spacial score (nSPS) is 11.1. The van der Waals surface area contributed by atoms with Crippen LogP contribution in [0.1, 0.15) is 0 Å². The van der Waals surface area contributed by atoms with Crippen LogP contribution >= 0.6 is 11.6 Å². The molecule has 3 heteroatoms. The summed E-state index contributed by atoms with van der Waals surface area (Å²) in [6.07, 6.45) is 1.74. The van der Waals surface area contributed by atoms with E-state index >= 15 is 0 Å². The fourth-order valence-corrected chi connectivity index (χ4v) is 2.02. The fraction of sp³-hybridized carbons (Fsp3) is 0. The molecule has 0 N–H and O–H groups in total. The van der Waals surface area contributed by atoms with Gasteiger partial charge in [-0.05, 0) is 41.8 Å². The molecule has 0 fully saturated rings. The van der Waals surface area contributed by atoms with Gasteiger partial charge in [0.25, 0.3) is 0 Å². The number of hydrogen-bond donors (Lipinski definition) is 0. The molecule has 0 aliphatic heterocycles. The summed E-state index contributed by atoms with van der Waals surface area (Å²) in [4.78, 5) is 4.30. The molecule has 0 bridgehead atoms. The summed E-state index contributed by atoms with van der Waals surface area (Å²) >= 11 is 5.94. The molecule has 1 nitrogen and oxygen atoms in total. The predicted octanol–water partition coefficient (Wildman–Crippen LogP) is 4.18. The quantitative estimate of drug-likeness (QED) is 0.529. The second kappa shape index (κ2) is 3.42. The second-order valence-electron chi connectivity index (χ2n) is 3.65. The summed E-state index contributed by atoms with van der Waals surface area (Å²) < 4.78 is 13.2. The number of hydrogen-bond acceptors (Lipinski definition) is 1. The highest BCUT2D eigenvalue weighted by atomic mass is 35.5. The first-order chi connectivity index (χ1) is 7.74.